The normalized spacial score (nSPS) is 13.9. The Morgan fingerprint density at radius 3 is 2.65 bits per heavy atom. The molecular weight excluding hydrogens is 254 g/mol. The quantitative estimate of drug-likeness (QED) is 0.527. The summed E-state index contributed by atoms with van der Waals surface area (Å²) in [6, 6.07) is 15.2. The Labute approximate surface area is 116 Å². The molecule has 0 spiro atoms. The van der Waals surface area contributed by atoms with Gasteiger partial charge in [0, 0.05) is 5.56 Å². The van der Waals surface area contributed by atoms with E-state index in [1.807, 2.05) is 54.6 Å². The molecule has 2 aromatic carbocycles. The number of hydrogen-bond donors (Lipinski definition) is 1. The molecule has 1 heterocycles. The van der Waals surface area contributed by atoms with E-state index in [0.717, 1.165) is 22.6 Å². The lowest BCUT2D eigenvalue weighted by Crippen LogP contribution is -1.95. The average Bonchev–Trinajstić information content (AvgIpc) is 2.96. The van der Waals surface area contributed by atoms with Crippen molar-refractivity contribution >= 4 is 11.8 Å². The molecule has 0 radical (unpaired) electrons. The van der Waals surface area contributed by atoms with Crippen LogP contribution in [0.2, 0.25) is 0 Å². The molecule has 0 atom stereocenters. The van der Waals surface area contributed by atoms with Gasteiger partial charge in [-0.2, -0.15) is 0 Å². The lowest BCUT2D eigenvalue weighted by molar-refractivity contribution is 0.174. The topological polar surface area (TPSA) is 51.1 Å². The van der Waals surface area contributed by atoms with Crippen LogP contribution in [-0.4, -0.2) is 17.7 Å². The summed E-state index contributed by atoms with van der Waals surface area (Å²) in [5, 5.41) is 12.4. The van der Waals surface area contributed by atoms with Crippen LogP contribution in [0.5, 0.6) is 11.5 Å². The van der Waals surface area contributed by atoms with Crippen LogP contribution >= 0.6 is 0 Å². The van der Waals surface area contributed by atoms with E-state index < -0.39 is 0 Å². The summed E-state index contributed by atoms with van der Waals surface area (Å²) < 4.78 is 10.6. The van der Waals surface area contributed by atoms with Gasteiger partial charge in [0.25, 0.3) is 0 Å². The molecular formula is C16H13NO3. The molecule has 2 aromatic rings. The fraction of sp³-hybridized carbons (Fsp3) is 0.0625. The van der Waals surface area contributed by atoms with Crippen molar-refractivity contribution < 1.29 is 14.7 Å². The Balaban J connectivity index is 1.83. The zero-order valence-corrected chi connectivity index (χ0v) is 10.7. The lowest BCUT2D eigenvalue weighted by atomic mass is 10.1. The molecule has 0 bridgehead atoms. The summed E-state index contributed by atoms with van der Waals surface area (Å²) in [6.45, 7) is 0.260. The van der Waals surface area contributed by atoms with E-state index in [2.05, 4.69) is 5.16 Å². The minimum atomic E-state index is 0.260. The van der Waals surface area contributed by atoms with Gasteiger partial charge in [-0.25, -0.2) is 0 Å². The molecule has 4 heteroatoms. The van der Waals surface area contributed by atoms with Crippen LogP contribution in [0.4, 0.5) is 0 Å². The average molecular weight is 267 g/mol. The molecule has 3 rings (SSSR count). The van der Waals surface area contributed by atoms with Crippen molar-refractivity contribution in [1.29, 1.82) is 0 Å². The minimum absolute atomic E-state index is 0.260. The number of fused-ring (bicyclic) bond motifs is 1. The summed E-state index contributed by atoms with van der Waals surface area (Å²) in [4.78, 5) is 0. The second-order valence-electron chi connectivity index (χ2n) is 4.30. The predicted octanol–water partition coefficient (Wildman–Crippen LogP) is 3.31. The van der Waals surface area contributed by atoms with E-state index in [0.29, 0.717) is 5.71 Å². The Kier molecular flexibility index (Phi) is 3.37. The van der Waals surface area contributed by atoms with Crippen molar-refractivity contribution in [1.82, 2.24) is 0 Å². The molecule has 0 amide bonds. The number of ether oxygens (including phenoxy) is 2. The molecule has 0 saturated heterocycles. The summed E-state index contributed by atoms with van der Waals surface area (Å²) >= 11 is 0. The maximum atomic E-state index is 9.10. The SMILES string of the molecule is O/N=C(\C=C\c1ccc2c(c1)OCO2)c1ccccc1. The van der Waals surface area contributed by atoms with E-state index >= 15 is 0 Å². The first-order valence-electron chi connectivity index (χ1n) is 6.22. The monoisotopic (exact) mass is 267 g/mol. The zero-order chi connectivity index (χ0) is 13.8. The summed E-state index contributed by atoms with van der Waals surface area (Å²) in [6.07, 6.45) is 3.62. The molecule has 1 N–H and O–H groups in total. The third kappa shape index (κ3) is 2.49. The molecule has 0 aliphatic carbocycles. The highest BCUT2D eigenvalue weighted by Gasteiger charge is 2.12. The number of oxime groups is 1. The van der Waals surface area contributed by atoms with Crippen molar-refractivity contribution in [2.45, 2.75) is 0 Å². The van der Waals surface area contributed by atoms with Gasteiger partial charge in [0.1, 0.15) is 5.71 Å². The number of nitrogens with zero attached hydrogens (tertiary/aromatic N) is 1. The van der Waals surface area contributed by atoms with E-state index in [9.17, 15) is 0 Å². The standard InChI is InChI=1S/C16H13NO3/c18-17-14(13-4-2-1-3-5-13)8-6-12-7-9-15-16(10-12)20-11-19-15/h1-10,18H,11H2/b8-6+,17-14+. The second kappa shape index (κ2) is 5.48. The summed E-state index contributed by atoms with van der Waals surface area (Å²) in [7, 11) is 0. The lowest BCUT2D eigenvalue weighted by Gasteiger charge is -2.00. The first kappa shape index (κ1) is 12.3. The van der Waals surface area contributed by atoms with E-state index in [4.69, 9.17) is 14.7 Å². The molecule has 0 saturated carbocycles. The Bertz CT molecular complexity index is 663. The Morgan fingerprint density at radius 2 is 1.85 bits per heavy atom. The molecule has 4 nitrogen and oxygen atoms in total. The van der Waals surface area contributed by atoms with Gasteiger partial charge in [0.15, 0.2) is 11.5 Å². The maximum Gasteiger partial charge on any atom is 0.231 e. The molecule has 20 heavy (non-hydrogen) atoms. The first-order valence-corrected chi connectivity index (χ1v) is 6.22. The molecule has 100 valence electrons. The highest BCUT2D eigenvalue weighted by molar-refractivity contribution is 6.10. The smallest absolute Gasteiger partial charge is 0.231 e. The highest BCUT2D eigenvalue weighted by atomic mass is 16.7. The number of hydrogen-bond acceptors (Lipinski definition) is 4. The first-order chi connectivity index (χ1) is 9.86. The van der Waals surface area contributed by atoms with Crippen LogP contribution in [0.3, 0.4) is 0 Å². The fourth-order valence-corrected chi connectivity index (χ4v) is 1.99. The summed E-state index contributed by atoms with van der Waals surface area (Å²) in [5.74, 6) is 1.48. The van der Waals surface area contributed by atoms with Crippen LogP contribution in [0, 0.1) is 0 Å². The van der Waals surface area contributed by atoms with Gasteiger partial charge in [-0.3, -0.25) is 0 Å². The maximum absolute atomic E-state index is 9.10. The van der Waals surface area contributed by atoms with Gasteiger partial charge in [-0.05, 0) is 23.8 Å². The minimum Gasteiger partial charge on any atom is -0.454 e. The molecule has 0 fully saturated rings. The molecule has 0 aromatic heterocycles. The largest absolute Gasteiger partial charge is 0.454 e. The second-order valence-corrected chi connectivity index (χ2v) is 4.30. The molecule has 0 unspecified atom stereocenters. The number of allylic oxidation sites excluding steroid dienone is 1. The fourth-order valence-electron chi connectivity index (χ4n) is 1.99. The Hall–Kier alpha value is -2.75. The van der Waals surface area contributed by atoms with Crippen molar-refractivity contribution in [3.05, 3.63) is 65.7 Å². The van der Waals surface area contributed by atoms with E-state index in [1.54, 1.807) is 6.08 Å². The van der Waals surface area contributed by atoms with Crippen LogP contribution in [0.25, 0.3) is 6.08 Å². The van der Waals surface area contributed by atoms with Crippen molar-refractivity contribution in [3.63, 3.8) is 0 Å². The summed E-state index contributed by atoms with van der Waals surface area (Å²) in [5.41, 5.74) is 2.31. The molecule has 1 aliphatic rings. The number of benzene rings is 2. The van der Waals surface area contributed by atoms with Crippen molar-refractivity contribution in [2.24, 2.45) is 5.16 Å². The zero-order valence-electron chi connectivity index (χ0n) is 10.7. The Morgan fingerprint density at radius 1 is 1.05 bits per heavy atom. The van der Waals surface area contributed by atoms with Gasteiger partial charge in [-0.1, -0.05) is 47.6 Å². The van der Waals surface area contributed by atoms with Crippen LogP contribution in [0.15, 0.2) is 59.8 Å². The predicted molar refractivity (Wildman–Crippen MR) is 76.4 cm³/mol. The third-order valence-corrected chi connectivity index (χ3v) is 3.01. The number of rotatable bonds is 3. The van der Waals surface area contributed by atoms with Gasteiger partial charge in [-0.15, -0.1) is 0 Å². The van der Waals surface area contributed by atoms with Crippen LogP contribution < -0.4 is 9.47 Å². The van der Waals surface area contributed by atoms with Crippen molar-refractivity contribution in [2.75, 3.05) is 6.79 Å². The highest BCUT2D eigenvalue weighted by Crippen LogP contribution is 2.32. The third-order valence-electron chi connectivity index (χ3n) is 3.01. The van der Waals surface area contributed by atoms with E-state index in [-0.39, 0.29) is 6.79 Å². The van der Waals surface area contributed by atoms with Gasteiger partial charge in [0.05, 0.1) is 0 Å². The molecule has 1 aliphatic heterocycles. The van der Waals surface area contributed by atoms with Gasteiger partial charge < -0.3 is 14.7 Å². The van der Waals surface area contributed by atoms with Crippen LogP contribution in [0.1, 0.15) is 11.1 Å². The van der Waals surface area contributed by atoms with Gasteiger partial charge >= 0.3 is 0 Å². The van der Waals surface area contributed by atoms with Crippen LogP contribution in [-0.2, 0) is 0 Å². The van der Waals surface area contributed by atoms with Gasteiger partial charge in [0.2, 0.25) is 6.79 Å². The van der Waals surface area contributed by atoms with Crippen molar-refractivity contribution in [3.8, 4) is 11.5 Å². The van der Waals surface area contributed by atoms with E-state index in [1.165, 1.54) is 0 Å².